The van der Waals surface area contributed by atoms with Gasteiger partial charge < -0.3 is 10.1 Å². The van der Waals surface area contributed by atoms with Gasteiger partial charge in [0.25, 0.3) is 0 Å². The van der Waals surface area contributed by atoms with Gasteiger partial charge in [0.2, 0.25) is 0 Å². The molecule has 18 heavy (non-hydrogen) atoms. The molecule has 1 heterocycles. The molecule has 3 unspecified atom stereocenters. The van der Waals surface area contributed by atoms with Gasteiger partial charge in [-0.3, -0.25) is 0 Å². The summed E-state index contributed by atoms with van der Waals surface area (Å²) in [6.07, 6.45) is 0.615. The zero-order valence-corrected chi connectivity index (χ0v) is 11.3. The predicted octanol–water partition coefficient (Wildman–Crippen LogP) is 1.07. The average Bonchev–Trinajstić information content (AvgIpc) is 2.73. The van der Waals surface area contributed by atoms with Crippen LogP contribution in [0.3, 0.4) is 0 Å². The topological polar surface area (TPSA) is 55.4 Å². The Bertz CT molecular complexity index is 582. The summed E-state index contributed by atoms with van der Waals surface area (Å²) in [7, 11) is -1.40. The first-order chi connectivity index (χ1) is 8.54. The summed E-state index contributed by atoms with van der Waals surface area (Å²) in [5.41, 5.74) is 2.20. The average molecular weight is 267 g/mol. The first-order valence-corrected chi connectivity index (χ1v) is 7.78. The lowest BCUT2D eigenvalue weighted by atomic mass is 10.1. The fourth-order valence-electron chi connectivity index (χ4n) is 2.96. The van der Waals surface area contributed by atoms with E-state index in [0.29, 0.717) is 13.0 Å². The van der Waals surface area contributed by atoms with Crippen LogP contribution in [0.1, 0.15) is 24.1 Å². The molecule has 0 saturated carbocycles. The van der Waals surface area contributed by atoms with Crippen molar-refractivity contribution < 1.29 is 13.2 Å². The number of nitrogens with one attached hydrogen (secondary N) is 1. The maximum Gasteiger partial charge on any atom is 0.159 e. The fraction of sp³-hybridized carbons (Fsp3) is 0.538. The van der Waals surface area contributed by atoms with Crippen molar-refractivity contribution in [2.24, 2.45) is 0 Å². The molecule has 1 fully saturated rings. The van der Waals surface area contributed by atoms with Gasteiger partial charge in [-0.1, -0.05) is 6.07 Å². The molecule has 4 nitrogen and oxygen atoms in total. The molecule has 2 aliphatic rings. The molecule has 0 bridgehead atoms. The van der Waals surface area contributed by atoms with Crippen LogP contribution in [0, 0.1) is 0 Å². The third-order valence-corrected chi connectivity index (χ3v) is 6.66. The highest BCUT2D eigenvalue weighted by molar-refractivity contribution is 7.92. The maximum absolute atomic E-state index is 12.3. The van der Waals surface area contributed by atoms with Crippen LogP contribution < -0.4 is 10.1 Å². The van der Waals surface area contributed by atoms with E-state index in [1.54, 1.807) is 14.0 Å². The van der Waals surface area contributed by atoms with Gasteiger partial charge in [0.05, 0.1) is 17.6 Å². The van der Waals surface area contributed by atoms with Gasteiger partial charge in [-0.25, -0.2) is 8.42 Å². The summed E-state index contributed by atoms with van der Waals surface area (Å²) >= 11 is 0. The zero-order chi connectivity index (χ0) is 12.9. The summed E-state index contributed by atoms with van der Waals surface area (Å²) in [5.74, 6) is 0.784. The first-order valence-electron chi connectivity index (χ1n) is 6.17. The van der Waals surface area contributed by atoms with Gasteiger partial charge in [-0.15, -0.1) is 0 Å². The smallest absolute Gasteiger partial charge is 0.159 e. The predicted molar refractivity (Wildman–Crippen MR) is 69.6 cm³/mol. The van der Waals surface area contributed by atoms with Crippen LogP contribution in [0.25, 0.3) is 0 Å². The summed E-state index contributed by atoms with van der Waals surface area (Å²) in [4.78, 5) is 0. The molecule has 0 amide bonds. The quantitative estimate of drug-likeness (QED) is 0.827. The number of benzene rings is 1. The van der Waals surface area contributed by atoms with Gasteiger partial charge in [-0.2, -0.15) is 0 Å². The van der Waals surface area contributed by atoms with Crippen molar-refractivity contribution in [3.8, 4) is 5.75 Å². The van der Waals surface area contributed by atoms with Crippen molar-refractivity contribution >= 4 is 9.84 Å². The zero-order valence-electron chi connectivity index (χ0n) is 10.5. The Hall–Kier alpha value is -1.07. The van der Waals surface area contributed by atoms with Crippen molar-refractivity contribution in [3.63, 3.8) is 0 Å². The second-order valence-electron chi connectivity index (χ2n) is 5.09. The molecule has 0 spiro atoms. The number of methoxy groups -OCH3 is 1. The van der Waals surface area contributed by atoms with Gasteiger partial charge >= 0.3 is 0 Å². The molecule has 1 aromatic rings. The van der Waals surface area contributed by atoms with Crippen molar-refractivity contribution in [2.45, 2.75) is 29.9 Å². The van der Waals surface area contributed by atoms with Crippen molar-refractivity contribution in [2.75, 3.05) is 13.7 Å². The molecular formula is C13H17NO3S. The molecule has 0 aromatic heterocycles. The molecular weight excluding hydrogens is 250 g/mol. The molecule has 98 valence electrons. The van der Waals surface area contributed by atoms with E-state index in [9.17, 15) is 8.42 Å². The SMILES string of the molecule is COc1ccc2c(c1)C1NCC(C)S(=O)(=O)C1C2. The second kappa shape index (κ2) is 3.96. The molecule has 1 aliphatic carbocycles. The Morgan fingerprint density at radius 2 is 2.17 bits per heavy atom. The first kappa shape index (κ1) is 12.0. The normalized spacial score (nSPS) is 32.7. The van der Waals surface area contributed by atoms with E-state index in [-0.39, 0.29) is 16.5 Å². The molecule has 3 rings (SSSR count). The Morgan fingerprint density at radius 3 is 2.89 bits per heavy atom. The fourth-order valence-corrected chi connectivity index (χ4v) is 4.92. The molecule has 3 atom stereocenters. The van der Waals surface area contributed by atoms with Gasteiger partial charge in [-0.05, 0) is 36.6 Å². The van der Waals surface area contributed by atoms with E-state index in [4.69, 9.17) is 4.74 Å². The summed E-state index contributed by atoms with van der Waals surface area (Å²) < 4.78 is 29.9. The lowest BCUT2D eigenvalue weighted by molar-refractivity contribution is 0.412. The third kappa shape index (κ3) is 1.57. The lowest BCUT2D eigenvalue weighted by Gasteiger charge is -2.31. The number of hydrogen-bond acceptors (Lipinski definition) is 4. The second-order valence-corrected chi connectivity index (χ2v) is 7.68. The van der Waals surface area contributed by atoms with Crippen molar-refractivity contribution in [3.05, 3.63) is 29.3 Å². The van der Waals surface area contributed by atoms with E-state index in [0.717, 1.165) is 16.9 Å². The molecule has 1 N–H and O–H groups in total. The minimum Gasteiger partial charge on any atom is -0.497 e. The third-order valence-electron chi connectivity index (χ3n) is 4.09. The Kier molecular flexibility index (Phi) is 2.64. The van der Waals surface area contributed by atoms with Gasteiger partial charge in [0.1, 0.15) is 5.75 Å². The molecule has 5 heteroatoms. The molecule has 1 saturated heterocycles. The maximum atomic E-state index is 12.3. The van der Waals surface area contributed by atoms with E-state index in [2.05, 4.69) is 5.32 Å². The van der Waals surface area contributed by atoms with Crippen LogP contribution in [0.2, 0.25) is 0 Å². The van der Waals surface area contributed by atoms with Crippen LogP contribution in [-0.4, -0.2) is 32.6 Å². The highest BCUT2D eigenvalue weighted by atomic mass is 32.2. The van der Waals surface area contributed by atoms with Crippen LogP contribution in [0.15, 0.2) is 18.2 Å². The highest BCUT2D eigenvalue weighted by Gasteiger charge is 2.46. The van der Waals surface area contributed by atoms with Crippen LogP contribution in [0.4, 0.5) is 0 Å². The van der Waals surface area contributed by atoms with Gasteiger partial charge in [0, 0.05) is 12.6 Å². The number of hydrogen-bond donors (Lipinski definition) is 1. The van der Waals surface area contributed by atoms with Crippen molar-refractivity contribution in [1.82, 2.24) is 5.32 Å². The Balaban J connectivity index is 2.05. The van der Waals surface area contributed by atoms with E-state index >= 15 is 0 Å². The number of ether oxygens (including phenoxy) is 1. The minimum absolute atomic E-state index is 0.0729. The van der Waals surface area contributed by atoms with E-state index < -0.39 is 9.84 Å². The molecule has 0 radical (unpaired) electrons. The summed E-state index contributed by atoms with van der Waals surface area (Å²) in [6.45, 7) is 2.31. The van der Waals surface area contributed by atoms with Crippen LogP contribution >= 0.6 is 0 Å². The lowest BCUT2D eigenvalue weighted by Crippen LogP contribution is -2.49. The van der Waals surface area contributed by atoms with E-state index in [1.807, 2.05) is 18.2 Å². The Labute approximate surface area is 107 Å². The summed E-state index contributed by atoms with van der Waals surface area (Å²) in [5, 5.41) is 2.75. The molecule has 1 aromatic carbocycles. The van der Waals surface area contributed by atoms with E-state index in [1.165, 1.54) is 0 Å². The minimum atomic E-state index is -3.03. The Morgan fingerprint density at radius 1 is 1.39 bits per heavy atom. The molecule has 1 aliphatic heterocycles. The largest absolute Gasteiger partial charge is 0.497 e. The summed E-state index contributed by atoms with van der Waals surface area (Å²) in [6, 6.07) is 5.76. The monoisotopic (exact) mass is 267 g/mol. The standard InChI is InChI=1S/C13H17NO3S/c1-8-7-14-13-11-6-10(17-2)4-3-9(11)5-12(13)18(8,15)16/h3-4,6,8,12-14H,5,7H2,1-2H3. The highest BCUT2D eigenvalue weighted by Crippen LogP contribution is 2.40. The van der Waals surface area contributed by atoms with Crippen LogP contribution in [-0.2, 0) is 16.3 Å². The number of sulfone groups is 1. The van der Waals surface area contributed by atoms with Crippen LogP contribution in [0.5, 0.6) is 5.75 Å². The number of rotatable bonds is 1. The van der Waals surface area contributed by atoms with Gasteiger partial charge in [0.15, 0.2) is 9.84 Å². The number of fused-ring (bicyclic) bond motifs is 3. The van der Waals surface area contributed by atoms with Crippen molar-refractivity contribution in [1.29, 1.82) is 0 Å².